The Balaban J connectivity index is 0.000000492. The van der Waals surface area contributed by atoms with Crippen molar-refractivity contribution in [2.24, 2.45) is 29.6 Å². The number of benzene rings is 5. The Labute approximate surface area is 594 Å². The molecule has 11 atom stereocenters. The Morgan fingerprint density at radius 1 is 0.554 bits per heavy atom. The third-order valence-electron chi connectivity index (χ3n) is 17.0. The molecule has 23 heteroatoms. The zero-order valence-corrected chi connectivity index (χ0v) is 61.5. The second-order valence-electron chi connectivity index (χ2n) is 29.0. The number of hydrogen-bond donors (Lipinski definition) is 6. The number of alkyl carbamates (subject to hydrolysis) is 2. The first-order chi connectivity index (χ1) is 47.5. The zero-order chi connectivity index (χ0) is 75.1. The molecule has 0 bridgehead atoms. The SMILES string of the molecule is CC[C@@H](Cc1ccc2ccccc2c1)C(=O)O[C@H](C)[C@H](NC(=O)OC(C)(C)C)C(=O)N[C@H](C(C)C)[C@@H](O)CC(=O)O[C@H](C(=O)N[C@@H](CC(C)C)C(=O)N1CCC[C@H]1C(=O)OCc1ccccc1)C(C)C.CC[C@@H](Cc1ccc2ccccc2c1)C(=O)O[C@H](C)[C@H](NC(=O)OC(C)(C)C)C(=O)O. The molecule has 5 aromatic carbocycles. The van der Waals surface area contributed by atoms with Gasteiger partial charge in [0.05, 0.1) is 30.4 Å². The third kappa shape index (κ3) is 26.7. The van der Waals surface area contributed by atoms with Gasteiger partial charge < -0.3 is 64.8 Å². The van der Waals surface area contributed by atoms with Crippen LogP contribution in [0.1, 0.15) is 166 Å². The number of rotatable bonds is 31. The van der Waals surface area contributed by atoms with Crippen molar-refractivity contribution in [1.29, 1.82) is 0 Å². The number of nitrogens with one attached hydrogen (secondary N) is 4. The van der Waals surface area contributed by atoms with E-state index >= 15 is 0 Å². The summed E-state index contributed by atoms with van der Waals surface area (Å²) in [7, 11) is 0. The number of nitrogens with zero attached hydrogens (tertiary/aromatic N) is 1. The summed E-state index contributed by atoms with van der Waals surface area (Å²) in [6.07, 6.45) is -4.59. The number of esters is 4. The molecule has 6 N–H and O–H groups in total. The summed E-state index contributed by atoms with van der Waals surface area (Å²) in [5.74, 6) is -7.93. The predicted octanol–water partition coefficient (Wildman–Crippen LogP) is 11.3. The van der Waals surface area contributed by atoms with E-state index in [1.165, 1.54) is 18.7 Å². The van der Waals surface area contributed by atoms with E-state index in [4.69, 9.17) is 28.4 Å². The number of aliphatic hydroxyl groups is 1. The molecule has 5 aromatic rings. The summed E-state index contributed by atoms with van der Waals surface area (Å²) >= 11 is 0. The number of amides is 5. The molecule has 0 saturated carbocycles. The van der Waals surface area contributed by atoms with Gasteiger partial charge in [0.25, 0.3) is 5.91 Å². The van der Waals surface area contributed by atoms with Gasteiger partial charge in [-0.05, 0) is 156 Å². The Bertz CT molecular complexity index is 3600. The summed E-state index contributed by atoms with van der Waals surface area (Å²) in [6, 6.07) is 31.2. The van der Waals surface area contributed by atoms with E-state index in [1.54, 1.807) is 69.2 Å². The summed E-state index contributed by atoms with van der Waals surface area (Å²) < 4.78 is 33.1. The molecule has 101 heavy (non-hydrogen) atoms. The van der Waals surface area contributed by atoms with E-state index < -0.39 is 156 Å². The second kappa shape index (κ2) is 38.6. The molecular formula is C78H107N5O18. The van der Waals surface area contributed by atoms with Gasteiger partial charge in [-0.2, -0.15) is 0 Å². The lowest BCUT2D eigenvalue weighted by Gasteiger charge is -2.32. The minimum Gasteiger partial charge on any atom is -0.480 e. The van der Waals surface area contributed by atoms with Gasteiger partial charge in [-0.15, -0.1) is 0 Å². The molecule has 0 radical (unpaired) electrons. The number of carboxylic acids is 1. The van der Waals surface area contributed by atoms with Crippen molar-refractivity contribution in [2.75, 3.05) is 6.54 Å². The molecule has 6 rings (SSSR count). The Kier molecular flexibility index (Phi) is 31.6. The topological polar surface area (TPSA) is 318 Å². The molecule has 0 aromatic heterocycles. The average molecular weight is 1400 g/mol. The van der Waals surface area contributed by atoms with Gasteiger partial charge in [-0.3, -0.25) is 28.8 Å². The summed E-state index contributed by atoms with van der Waals surface area (Å²) in [5, 5.41) is 35.6. The normalized spacial score (nSPS) is 16.1. The van der Waals surface area contributed by atoms with E-state index in [0.717, 1.165) is 38.2 Å². The molecule has 1 aliphatic rings. The van der Waals surface area contributed by atoms with Crippen molar-refractivity contribution in [3.63, 3.8) is 0 Å². The highest BCUT2D eigenvalue weighted by Gasteiger charge is 2.42. The largest absolute Gasteiger partial charge is 0.480 e. The lowest BCUT2D eigenvalue weighted by atomic mass is 9.95. The van der Waals surface area contributed by atoms with Crippen molar-refractivity contribution < 1.29 is 86.6 Å². The van der Waals surface area contributed by atoms with E-state index in [-0.39, 0.29) is 18.9 Å². The molecule has 23 nitrogen and oxygen atoms in total. The number of aliphatic carboxylic acids is 1. The molecule has 5 amide bonds. The number of aliphatic hydroxyl groups excluding tert-OH is 1. The predicted molar refractivity (Wildman–Crippen MR) is 382 cm³/mol. The van der Waals surface area contributed by atoms with Crippen LogP contribution < -0.4 is 21.3 Å². The van der Waals surface area contributed by atoms with Crippen LogP contribution in [0.15, 0.2) is 115 Å². The lowest BCUT2D eigenvalue weighted by molar-refractivity contribution is -0.162. The van der Waals surface area contributed by atoms with Crippen LogP contribution in [0.3, 0.4) is 0 Å². The van der Waals surface area contributed by atoms with Gasteiger partial charge in [0.2, 0.25) is 11.8 Å². The summed E-state index contributed by atoms with van der Waals surface area (Å²) in [4.78, 5) is 133. The fourth-order valence-electron chi connectivity index (χ4n) is 11.6. The van der Waals surface area contributed by atoms with E-state index in [9.17, 15) is 58.2 Å². The first kappa shape index (κ1) is 82.5. The number of carbonyl (C=O) groups excluding carboxylic acids is 9. The van der Waals surface area contributed by atoms with Crippen molar-refractivity contribution in [2.45, 2.75) is 235 Å². The zero-order valence-electron chi connectivity index (χ0n) is 61.5. The molecule has 1 aliphatic heterocycles. The molecule has 0 aliphatic carbocycles. The van der Waals surface area contributed by atoms with Gasteiger partial charge >= 0.3 is 42.0 Å². The Morgan fingerprint density at radius 3 is 1.49 bits per heavy atom. The van der Waals surface area contributed by atoms with Crippen LogP contribution in [0.2, 0.25) is 0 Å². The highest BCUT2D eigenvalue weighted by atomic mass is 16.6. The first-order valence-corrected chi connectivity index (χ1v) is 35.0. The Hall–Kier alpha value is -9.12. The molecule has 1 saturated heterocycles. The highest BCUT2D eigenvalue weighted by molar-refractivity contribution is 5.93. The number of carboxylic acid groups (broad SMARTS) is 1. The third-order valence-corrected chi connectivity index (χ3v) is 17.0. The van der Waals surface area contributed by atoms with Gasteiger partial charge in [0.15, 0.2) is 12.1 Å². The van der Waals surface area contributed by atoms with Crippen LogP contribution in [-0.2, 0) is 86.2 Å². The number of carbonyl (C=O) groups is 10. The van der Waals surface area contributed by atoms with Crippen molar-refractivity contribution in [3.05, 3.63) is 132 Å². The Morgan fingerprint density at radius 2 is 1.03 bits per heavy atom. The minimum atomic E-state index is -1.54. The van der Waals surface area contributed by atoms with Gasteiger partial charge in [-0.25, -0.2) is 19.2 Å². The highest BCUT2D eigenvalue weighted by Crippen LogP contribution is 2.26. The molecule has 0 unspecified atom stereocenters. The molecular weight excluding hydrogens is 1290 g/mol. The monoisotopic (exact) mass is 1400 g/mol. The van der Waals surface area contributed by atoms with Crippen LogP contribution >= 0.6 is 0 Å². The summed E-state index contributed by atoms with van der Waals surface area (Å²) in [5.41, 5.74) is 1.03. The van der Waals surface area contributed by atoms with Crippen molar-refractivity contribution in [3.8, 4) is 0 Å². The molecule has 1 fully saturated rings. The van der Waals surface area contributed by atoms with E-state index in [2.05, 4.69) is 21.3 Å². The average Bonchev–Trinajstić information content (AvgIpc) is 1.80. The number of fused-ring (bicyclic) bond motifs is 2. The maximum atomic E-state index is 14.2. The van der Waals surface area contributed by atoms with Crippen molar-refractivity contribution in [1.82, 2.24) is 26.2 Å². The lowest BCUT2D eigenvalue weighted by Crippen LogP contribution is -2.59. The number of likely N-dealkylation sites (tertiary alicyclic amines) is 1. The maximum absolute atomic E-state index is 14.2. The van der Waals surface area contributed by atoms with Gasteiger partial charge in [0, 0.05) is 6.54 Å². The quantitative estimate of drug-likeness (QED) is 0.0177. The van der Waals surface area contributed by atoms with Crippen molar-refractivity contribution >= 4 is 81.3 Å². The van der Waals surface area contributed by atoms with Crippen LogP contribution in [-0.4, -0.2) is 147 Å². The number of ether oxygens (including phenoxy) is 6. The number of hydrogen-bond acceptors (Lipinski definition) is 17. The molecule has 552 valence electrons. The minimum absolute atomic E-state index is 0.0398. The fourth-order valence-corrected chi connectivity index (χ4v) is 11.6. The first-order valence-electron chi connectivity index (χ1n) is 35.0. The summed E-state index contributed by atoms with van der Waals surface area (Å²) in [6.45, 7) is 27.5. The van der Waals surface area contributed by atoms with E-state index in [1.807, 2.05) is 143 Å². The molecule has 0 spiro atoms. The smallest absolute Gasteiger partial charge is 0.408 e. The maximum Gasteiger partial charge on any atom is 0.408 e. The van der Waals surface area contributed by atoms with Gasteiger partial charge in [-0.1, -0.05) is 171 Å². The standard InChI is InChI=1S/C54H76N4O12.C24H31NO6/c1-12-38(28-37-24-25-39-21-16-17-22-40(39)29-37)51(64)68-35(8)46(57-53(66)70-54(9,10)11)48(61)56-45(33(4)5)43(59)30-44(60)69-47(34(6)7)49(62)55-41(27-32(2)3)50(63)58-26-18-23-42(58)52(65)67-31-36-19-14-13-15-20-36;1-6-17(13-16-11-12-18-9-7-8-10-19(18)14-16)22(28)30-15(2)20(21(26)27)25-23(29)31-24(3,4)5/h13-17,19-22,24-25,29,32-35,38,41-43,45-47,59H,12,18,23,26-28,30-31H2,1-11H3,(H,55,62)(H,56,61)(H,57,66);7-12,14-15,17,20H,6,13H2,1-5H3,(H,25,29)(H,26,27)/t35-,38+,41+,42+,43+,45-,46+,47+;15-,17+,20+/m11/s1. The van der Waals surface area contributed by atoms with Crippen LogP contribution in [0.5, 0.6) is 0 Å². The second-order valence-corrected chi connectivity index (χ2v) is 29.0. The van der Waals surface area contributed by atoms with Crippen LogP contribution in [0.25, 0.3) is 21.5 Å². The van der Waals surface area contributed by atoms with E-state index in [0.29, 0.717) is 45.1 Å². The molecule has 1 heterocycles. The van der Waals surface area contributed by atoms with Crippen LogP contribution in [0, 0.1) is 29.6 Å². The fraction of sp³-hybridized carbons (Fsp3) is 0.538. The van der Waals surface area contributed by atoms with Gasteiger partial charge in [0.1, 0.15) is 48.1 Å². The van der Waals surface area contributed by atoms with Crippen LogP contribution in [0.4, 0.5) is 9.59 Å².